The van der Waals surface area contributed by atoms with Gasteiger partial charge in [0.25, 0.3) is 0 Å². The molecular formula is C2H4F6KN2O4S2. The molecule has 0 aliphatic carbocycles. The largest absolute Gasteiger partial charge is 0.511 e. The molecule has 0 rings (SSSR count). The normalized spacial score (nSPS) is 13.2. The molecule has 0 aliphatic heterocycles. The van der Waals surface area contributed by atoms with Crippen LogP contribution in [0.1, 0.15) is 0 Å². The predicted octanol–water partition coefficient (Wildman–Crippen LogP) is -0.791. The van der Waals surface area contributed by atoms with Crippen molar-refractivity contribution in [3.05, 3.63) is 0 Å². The number of halogens is 6. The van der Waals surface area contributed by atoms with E-state index >= 15 is 0 Å². The quantitative estimate of drug-likeness (QED) is 0.444. The van der Waals surface area contributed by atoms with Crippen molar-refractivity contribution in [2.45, 2.75) is 11.0 Å². The summed E-state index contributed by atoms with van der Waals surface area (Å²) < 4.78 is 102. The fourth-order valence-corrected chi connectivity index (χ4v) is 0. The first kappa shape index (κ1) is 23.2. The van der Waals surface area contributed by atoms with Crippen LogP contribution < -0.4 is 10.3 Å². The molecule has 0 aromatic heterocycles. The van der Waals surface area contributed by atoms with Gasteiger partial charge in [0.1, 0.15) is 0 Å². The number of hydrogen-bond acceptors (Lipinski definition) is 4. The topological polar surface area (TPSA) is 120 Å². The number of nitrogens with two attached hydrogens (primary N) is 2. The van der Waals surface area contributed by atoms with Crippen LogP contribution in [0.25, 0.3) is 0 Å². The van der Waals surface area contributed by atoms with Crippen molar-refractivity contribution in [2.24, 2.45) is 10.3 Å². The van der Waals surface area contributed by atoms with Gasteiger partial charge >= 0.3 is 31.1 Å². The van der Waals surface area contributed by atoms with Crippen LogP contribution in [0.4, 0.5) is 26.3 Å². The van der Waals surface area contributed by atoms with E-state index in [-0.39, 0.29) is 51.4 Å². The summed E-state index contributed by atoms with van der Waals surface area (Å²) in [6.07, 6.45) is 0. The Morgan fingerprint density at radius 1 is 0.647 bits per heavy atom. The molecule has 101 valence electrons. The number of primary sulfonamides is 2. The van der Waals surface area contributed by atoms with E-state index < -0.39 is 31.1 Å². The van der Waals surface area contributed by atoms with Gasteiger partial charge in [0, 0.05) is 51.4 Å². The molecule has 0 fully saturated rings. The molecule has 0 bridgehead atoms. The van der Waals surface area contributed by atoms with Gasteiger partial charge < -0.3 is 0 Å². The first-order valence-corrected chi connectivity index (χ1v) is 5.77. The SMILES string of the molecule is NS(=O)(=O)C(F)(F)F.NS(=O)(=O)C(F)(F)F.[K]. The van der Waals surface area contributed by atoms with E-state index in [0.717, 1.165) is 0 Å². The molecule has 0 spiro atoms. The zero-order valence-electron chi connectivity index (χ0n) is 7.87. The van der Waals surface area contributed by atoms with Gasteiger partial charge in [-0.05, 0) is 0 Å². The maximum Gasteiger partial charge on any atom is 0.511 e. The Bertz CT molecular complexity index is 380. The van der Waals surface area contributed by atoms with Crippen LogP contribution in [0, 0.1) is 0 Å². The molecular weight excluding hydrogens is 333 g/mol. The summed E-state index contributed by atoms with van der Waals surface area (Å²) in [5.41, 5.74) is -10.6. The Kier molecular flexibility index (Phi) is 9.52. The molecule has 0 aromatic rings. The third kappa shape index (κ3) is 10.6. The molecule has 6 nitrogen and oxygen atoms in total. The van der Waals surface area contributed by atoms with Crippen molar-refractivity contribution in [1.82, 2.24) is 0 Å². The van der Waals surface area contributed by atoms with Crippen LogP contribution in [-0.2, 0) is 20.0 Å². The van der Waals surface area contributed by atoms with Crippen LogP contribution in [0.15, 0.2) is 0 Å². The second-order valence-corrected chi connectivity index (χ2v) is 5.09. The van der Waals surface area contributed by atoms with Gasteiger partial charge in [-0.25, -0.2) is 27.1 Å². The molecule has 1 radical (unpaired) electrons. The Labute approximate surface area is 134 Å². The summed E-state index contributed by atoms with van der Waals surface area (Å²) in [6, 6.07) is 0. The van der Waals surface area contributed by atoms with Crippen LogP contribution in [0.2, 0.25) is 0 Å². The zero-order chi connectivity index (χ0) is 14.0. The fraction of sp³-hybridized carbons (Fsp3) is 1.00. The summed E-state index contributed by atoms with van der Waals surface area (Å²) in [5, 5.41) is 7.32. The molecule has 0 saturated carbocycles. The van der Waals surface area contributed by atoms with Crippen molar-refractivity contribution in [1.29, 1.82) is 0 Å². The molecule has 0 aromatic carbocycles. The molecule has 0 heterocycles. The van der Waals surface area contributed by atoms with Crippen molar-refractivity contribution in [3.8, 4) is 0 Å². The first-order chi connectivity index (χ1) is 6.50. The number of alkyl halides is 6. The van der Waals surface area contributed by atoms with E-state index in [1.807, 2.05) is 0 Å². The van der Waals surface area contributed by atoms with E-state index in [0.29, 0.717) is 0 Å². The third-order valence-electron chi connectivity index (χ3n) is 0.645. The molecule has 0 aliphatic rings. The maximum atomic E-state index is 10.8. The van der Waals surface area contributed by atoms with E-state index in [9.17, 15) is 43.2 Å². The van der Waals surface area contributed by atoms with Crippen molar-refractivity contribution in [2.75, 3.05) is 0 Å². The fourth-order valence-electron chi connectivity index (χ4n) is 0. The van der Waals surface area contributed by atoms with Gasteiger partial charge in [-0.15, -0.1) is 0 Å². The van der Waals surface area contributed by atoms with E-state index in [1.54, 1.807) is 0 Å². The van der Waals surface area contributed by atoms with E-state index in [2.05, 4.69) is 10.3 Å². The zero-order valence-corrected chi connectivity index (χ0v) is 12.6. The Balaban J connectivity index is -0.000000218. The van der Waals surface area contributed by atoms with Crippen LogP contribution in [-0.4, -0.2) is 79.2 Å². The summed E-state index contributed by atoms with van der Waals surface area (Å²) in [6.45, 7) is 0. The molecule has 17 heavy (non-hydrogen) atoms. The number of rotatable bonds is 0. The standard InChI is InChI=1S/2CH2F3NO2S.K/c2*2-1(3,4)8(5,6)7;/h2*(H2,5,6,7);. The molecule has 0 unspecified atom stereocenters. The Hall–Kier alpha value is 1.04. The van der Waals surface area contributed by atoms with Crippen molar-refractivity contribution in [3.63, 3.8) is 0 Å². The Morgan fingerprint density at radius 2 is 0.706 bits per heavy atom. The summed E-state index contributed by atoms with van der Waals surface area (Å²) in [5.74, 6) is 0. The molecule has 0 saturated heterocycles. The third-order valence-corrected chi connectivity index (χ3v) is 1.94. The van der Waals surface area contributed by atoms with Crippen LogP contribution in [0.5, 0.6) is 0 Å². The molecule has 0 atom stereocenters. The van der Waals surface area contributed by atoms with Crippen molar-refractivity contribution >= 4 is 71.4 Å². The summed E-state index contributed by atoms with van der Waals surface area (Å²) >= 11 is 0. The van der Waals surface area contributed by atoms with Crippen LogP contribution in [0.3, 0.4) is 0 Å². The van der Waals surface area contributed by atoms with Gasteiger partial charge in [-0.1, -0.05) is 0 Å². The molecule has 0 amide bonds. The van der Waals surface area contributed by atoms with Gasteiger partial charge in [0.15, 0.2) is 0 Å². The van der Waals surface area contributed by atoms with Gasteiger partial charge in [0.2, 0.25) is 0 Å². The monoisotopic (exact) mass is 337 g/mol. The van der Waals surface area contributed by atoms with Gasteiger partial charge in [-0.3, -0.25) is 0 Å². The van der Waals surface area contributed by atoms with Gasteiger partial charge in [0.05, 0.1) is 0 Å². The average Bonchev–Trinajstić information content (AvgIpc) is 1.77. The second-order valence-electron chi connectivity index (χ2n) is 1.98. The first-order valence-electron chi connectivity index (χ1n) is 2.68. The smallest absolute Gasteiger partial charge is 0.221 e. The Morgan fingerprint density at radius 3 is 0.706 bits per heavy atom. The minimum absolute atomic E-state index is 0. The predicted molar refractivity (Wildman–Crippen MR) is 44.1 cm³/mol. The minimum Gasteiger partial charge on any atom is -0.221 e. The maximum absolute atomic E-state index is 10.8. The van der Waals surface area contributed by atoms with Crippen molar-refractivity contribution < 1.29 is 43.2 Å². The second kappa shape index (κ2) is 6.99. The summed E-state index contributed by atoms with van der Waals surface area (Å²) in [4.78, 5) is 0. The van der Waals surface area contributed by atoms with Gasteiger partial charge in [-0.2, -0.15) is 26.3 Å². The molecule has 4 N–H and O–H groups in total. The summed E-state index contributed by atoms with van der Waals surface area (Å²) in [7, 11) is -10.7. The van der Waals surface area contributed by atoms with E-state index in [4.69, 9.17) is 0 Å². The minimum atomic E-state index is -5.34. The number of hydrogen-bond donors (Lipinski definition) is 2. The van der Waals surface area contributed by atoms with E-state index in [1.165, 1.54) is 0 Å². The average molecular weight is 337 g/mol. The molecule has 15 heteroatoms. The van der Waals surface area contributed by atoms with Crippen LogP contribution >= 0.6 is 0 Å². The number of sulfonamides is 2.